The summed E-state index contributed by atoms with van der Waals surface area (Å²) in [6, 6.07) is 0. The highest BCUT2D eigenvalue weighted by molar-refractivity contribution is 5.80. The quantitative estimate of drug-likeness (QED) is 0.457. The molecule has 0 aliphatic heterocycles. The Kier molecular flexibility index (Phi) is 9.98. The minimum absolute atomic E-state index is 0.186. The summed E-state index contributed by atoms with van der Waals surface area (Å²) in [5, 5.41) is 3.24. The van der Waals surface area contributed by atoms with Crippen LogP contribution in [0, 0.1) is 0 Å². The Morgan fingerprint density at radius 2 is 1.83 bits per heavy atom. The second kappa shape index (κ2) is 10.3. The molecule has 0 aromatic carbocycles. The summed E-state index contributed by atoms with van der Waals surface area (Å²) in [6.07, 6.45) is 6.78. The minimum atomic E-state index is -0.584. The van der Waals surface area contributed by atoms with Gasteiger partial charge >= 0.3 is 5.97 Å². The maximum Gasteiger partial charge on any atom is 0.325 e. The third-order valence-corrected chi connectivity index (χ3v) is 3.24. The molecule has 108 valence electrons. The second-order valence-electron chi connectivity index (χ2n) is 4.91. The van der Waals surface area contributed by atoms with Crippen LogP contribution in [-0.4, -0.2) is 38.9 Å². The molecule has 0 fully saturated rings. The summed E-state index contributed by atoms with van der Waals surface area (Å²) in [4.78, 5) is 11.8. The summed E-state index contributed by atoms with van der Waals surface area (Å²) in [5.41, 5.74) is -0.584. The van der Waals surface area contributed by atoms with Gasteiger partial charge in [0.25, 0.3) is 0 Å². The van der Waals surface area contributed by atoms with Crippen molar-refractivity contribution in [3.8, 4) is 0 Å². The SMILES string of the molecule is CCCCCCCC(C)(NCCOC)C(=O)OC. The van der Waals surface area contributed by atoms with Crippen molar-refractivity contribution in [2.24, 2.45) is 0 Å². The molecule has 18 heavy (non-hydrogen) atoms. The van der Waals surface area contributed by atoms with Gasteiger partial charge in [0.15, 0.2) is 0 Å². The lowest BCUT2D eigenvalue weighted by atomic mass is 9.94. The van der Waals surface area contributed by atoms with E-state index in [1.807, 2.05) is 6.92 Å². The number of hydrogen-bond donors (Lipinski definition) is 1. The van der Waals surface area contributed by atoms with Gasteiger partial charge in [0.2, 0.25) is 0 Å². The maximum absolute atomic E-state index is 11.8. The van der Waals surface area contributed by atoms with Gasteiger partial charge in [-0.05, 0) is 13.3 Å². The van der Waals surface area contributed by atoms with Gasteiger partial charge < -0.3 is 9.47 Å². The number of nitrogens with one attached hydrogen (secondary N) is 1. The molecule has 0 aromatic heterocycles. The molecular formula is C14H29NO3. The third-order valence-electron chi connectivity index (χ3n) is 3.24. The fourth-order valence-corrected chi connectivity index (χ4v) is 2.00. The Balaban J connectivity index is 4.08. The van der Waals surface area contributed by atoms with Gasteiger partial charge in [-0.15, -0.1) is 0 Å². The first-order valence-electron chi connectivity index (χ1n) is 6.93. The van der Waals surface area contributed by atoms with Crippen molar-refractivity contribution in [2.45, 2.75) is 57.9 Å². The summed E-state index contributed by atoms with van der Waals surface area (Å²) in [7, 11) is 3.09. The standard InChI is InChI=1S/C14H29NO3/c1-5-6-7-8-9-10-14(2,13(16)18-4)15-11-12-17-3/h15H,5-12H2,1-4H3. The highest BCUT2D eigenvalue weighted by atomic mass is 16.5. The van der Waals surface area contributed by atoms with E-state index in [4.69, 9.17) is 9.47 Å². The zero-order chi connectivity index (χ0) is 13.9. The van der Waals surface area contributed by atoms with E-state index in [2.05, 4.69) is 12.2 Å². The Bertz CT molecular complexity index is 221. The maximum atomic E-state index is 11.8. The van der Waals surface area contributed by atoms with Crippen LogP contribution in [-0.2, 0) is 14.3 Å². The van der Waals surface area contributed by atoms with Crippen LogP contribution < -0.4 is 5.32 Å². The molecule has 0 aliphatic rings. The zero-order valence-electron chi connectivity index (χ0n) is 12.4. The molecule has 0 aromatic rings. The molecule has 0 bridgehead atoms. The van der Waals surface area contributed by atoms with Crippen molar-refractivity contribution in [2.75, 3.05) is 27.4 Å². The van der Waals surface area contributed by atoms with Crippen LogP contribution in [0.5, 0.6) is 0 Å². The molecule has 0 amide bonds. The molecule has 0 heterocycles. The van der Waals surface area contributed by atoms with Gasteiger partial charge in [-0.3, -0.25) is 10.1 Å². The topological polar surface area (TPSA) is 47.6 Å². The summed E-state index contributed by atoms with van der Waals surface area (Å²) >= 11 is 0. The van der Waals surface area contributed by atoms with Gasteiger partial charge in [-0.1, -0.05) is 39.0 Å². The van der Waals surface area contributed by atoms with E-state index in [0.717, 1.165) is 12.8 Å². The molecule has 0 rings (SSSR count). The number of unbranched alkanes of at least 4 members (excludes halogenated alkanes) is 4. The summed E-state index contributed by atoms with van der Waals surface area (Å²) in [6.45, 7) is 5.37. The van der Waals surface area contributed by atoms with Crippen molar-refractivity contribution in [3.05, 3.63) is 0 Å². The number of methoxy groups -OCH3 is 2. The normalized spacial score (nSPS) is 14.2. The second-order valence-corrected chi connectivity index (χ2v) is 4.91. The predicted molar refractivity (Wildman–Crippen MR) is 73.7 cm³/mol. The van der Waals surface area contributed by atoms with E-state index in [1.165, 1.54) is 32.8 Å². The lowest BCUT2D eigenvalue weighted by Crippen LogP contribution is -2.51. The van der Waals surface area contributed by atoms with Crippen molar-refractivity contribution in [1.29, 1.82) is 0 Å². The average molecular weight is 259 g/mol. The third kappa shape index (κ3) is 6.97. The first kappa shape index (κ1) is 17.4. The molecule has 0 saturated carbocycles. The van der Waals surface area contributed by atoms with Crippen molar-refractivity contribution < 1.29 is 14.3 Å². The Labute approximate surface area is 111 Å². The van der Waals surface area contributed by atoms with E-state index < -0.39 is 5.54 Å². The van der Waals surface area contributed by atoms with Gasteiger partial charge in [0.1, 0.15) is 5.54 Å². The van der Waals surface area contributed by atoms with Crippen LogP contribution in [0.4, 0.5) is 0 Å². The van der Waals surface area contributed by atoms with E-state index in [9.17, 15) is 4.79 Å². The minimum Gasteiger partial charge on any atom is -0.468 e. The molecule has 0 saturated heterocycles. The van der Waals surface area contributed by atoms with Crippen LogP contribution in [0.2, 0.25) is 0 Å². The molecule has 1 atom stereocenters. The van der Waals surface area contributed by atoms with E-state index in [0.29, 0.717) is 13.2 Å². The van der Waals surface area contributed by atoms with Crippen LogP contribution in [0.25, 0.3) is 0 Å². The van der Waals surface area contributed by atoms with E-state index >= 15 is 0 Å². The van der Waals surface area contributed by atoms with Gasteiger partial charge in [-0.2, -0.15) is 0 Å². The molecule has 4 heteroatoms. The highest BCUT2D eigenvalue weighted by Gasteiger charge is 2.32. The summed E-state index contributed by atoms with van der Waals surface area (Å²) in [5.74, 6) is -0.186. The predicted octanol–water partition coefficient (Wildman–Crippen LogP) is 2.51. The van der Waals surface area contributed by atoms with E-state index in [-0.39, 0.29) is 5.97 Å². The molecule has 0 radical (unpaired) electrons. The van der Waals surface area contributed by atoms with Gasteiger partial charge in [0.05, 0.1) is 13.7 Å². The van der Waals surface area contributed by atoms with Crippen LogP contribution >= 0.6 is 0 Å². The average Bonchev–Trinajstić information content (AvgIpc) is 2.38. The van der Waals surface area contributed by atoms with Crippen LogP contribution in [0.15, 0.2) is 0 Å². The number of ether oxygens (including phenoxy) is 2. The molecule has 0 spiro atoms. The number of carbonyl (C=O) groups excluding carboxylic acids is 1. The van der Waals surface area contributed by atoms with Crippen molar-refractivity contribution >= 4 is 5.97 Å². The molecule has 4 nitrogen and oxygen atoms in total. The Hall–Kier alpha value is -0.610. The number of carbonyl (C=O) groups is 1. The molecule has 0 aliphatic carbocycles. The van der Waals surface area contributed by atoms with E-state index in [1.54, 1.807) is 7.11 Å². The highest BCUT2D eigenvalue weighted by Crippen LogP contribution is 2.17. The number of rotatable bonds is 11. The monoisotopic (exact) mass is 259 g/mol. The van der Waals surface area contributed by atoms with Gasteiger partial charge in [0, 0.05) is 13.7 Å². The number of hydrogen-bond acceptors (Lipinski definition) is 4. The first-order chi connectivity index (χ1) is 8.60. The summed E-state index contributed by atoms with van der Waals surface area (Å²) < 4.78 is 9.88. The lowest BCUT2D eigenvalue weighted by molar-refractivity contribution is -0.148. The van der Waals surface area contributed by atoms with Gasteiger partial charge in [-0.25, -0.2) is 0 Å². The van der Waals surface area contributed by atoms with Crippen LogP contribution in [0.3, 0.4) is 0 Å². The molecule has 1 N–H and O–H groups in total. The Morgan fingerprint density at radius 1 is 1.17 bits per heavy atom. The molecular weight excluding hydrogens is 230 g/mol. The smallest absolute Gasteiger partial charge is 0.325 e. The van der Waals surface area contributed by atoms with Crippen molar-refractivity contribution in [1.82, 2.24) is 5.32 Å². The fraction of sp³-hybridized carbons (Fsp3) is 0.929. The molecule has 1 unspecified atom stereocenters. The lowest BCUT2D eigenvalue weighted by Gasteiger charge is -2.28. The fourth-order valence-electron chi connectivity index (χ4n) is 2.00. The number of esters is 1. The first-order valence-corrected chi connectivity index (χ1v) is 6.93. The Morgan fingerprint density at radius 3 is 2.39 bits per heavy atom. The zero-order valence-corrected chi connectivity index (χ0v) is 12.4. The largest absolute Gasteiger partial charge is 0.468 e. The van der Waals surface area contributed by atoms with Crippen LogP contribution in [0.1, 0.15) is 52.4 Å². The van der Waals surface area contributed by atoms with Crippen molar-refractivity contribution in [3.63, 3.8) is 0 Å².